The smallest absolute Gasteiger partial charge is 0.107 e. The number of H-pyrrole nitrogens is 1. The predicted octanol–water partition coefficient (Wildman–Crippen LogP) is 2.70. The monoisotopic (exact) mass is 161 g/mol. The van der Waals surface area contributed by atoms with Crippen LogP contribution in [0.3, 0.4) is 0 Å². The summed E-state index contributed by atoms with van der Waals surface area (Å²) in [5.74, 6) is 0. The minimum absolute atomic E-state index is 0.719. The molecule has 1 aromatic rings. The van der Waals surface area contributed by atoms with E-state index in [1.807, 2.05) is 19.2 Å². The first-order valence-electron chi connectivity index (χ1n) is 2.63. The molecule has 0 unspecified atom stereocenters. The molecule has 0 atom stereocenters. The van der Waals surface area contributed by atoms with Gasteiger partial charge in [-0.05, 0) is 19.2 Å². The van der Waals surface area contributed by atoms with Crippen molar-refractivity contribution in [3.05, 3.63) is 16.9 Å². The minimum atomic E-state index is 0.719. The van der Waals surface area contributed by atoms with Crippen LogP contribution in [-0.2, 0) is 0 Å². The Kier molecular flexibility index (Phi) is 2.09. The number of aromatic nitrogens is 1. The highest BCUT2D eigenvalue weighted by Crippen LogP contribution is 2.22. The molecule has 0 fully saturated rings. The van der Waals surface area contributed by atoms with Crippen LogP contribution in [0.1, 0.15) is 5.69 Å². The molecule has 0 bridgehead atoms. The first-order valence-corrected chi connectivity index (χ1v) is 4.23. The Bertz CT molecular complexity index is 207. The normalized spacial score (nSPS) is 10.1. The maximum atomic E-state index is 5.68. The van der Waals surface area contributed by atoms with Crippen LogP contribution in [0.5, 0.6) is 0 Å². The van der Waals surface area contributed by atoms with E-state index in [9.17, 15) is 0 Å². The summed E-state index contributed by atoms with van der Waals surface area (Å²) in [6, 6.07) is 1.93. The zero-order chi connectivity index (χ0) is 6.85. The third-order valence-electron chi connectivity index (χ3n) is 1.15. The van der Waals surface area contributed by atoms with Crippen LogP contribution in [0.4, 0.5) is 0 Å². The van der Waals surface area contributed by atoms with Gasteiger partial charge in [-0.3, -0.25) is 0 Å². The van der Waals surface area contributed by atoms with Crippen LogP contribution < -0.4 is 0 Å². The molecule has 0 spiro atoms. The van der Waals surface area contributed by atoms with Crippen molar-refractivity contribution in [2.45, 2.75) is 11.8 Å². The van der Waals surface area contributed by atoms with Gasteiger partial charge in [0.1, 0.15) is 5.15 Å². The molecule has 0 aromatic carbocycles. The van der Waals surface area contributed by atoms with Gasteiger partial charge in [-0.25, -0.2) is 0 Å². The summed E-state index contributed by atoms with van der Waals surface area (Å²) >= 11 is 7.38. The number of hydrogen-bond donors (Lipinski definition) is 1. The van der Waals surface area contributed by atoms with Crippen LogP contribution in [0.15, 0.2) is 11.0 Å². The average Bonchev–Trinajstić information content (AvgIpc) is 2.10. The third-order valence-corrected chi connectivity index (χ3v) is 2.22. The maximum Gasteiger partial charge on any atom is 0.107 e. The number of aromatic amines is 1. The second kappa shape index (κ2) is 2.67. The zero-order valence-electron chi connectivity index (χ0n) is 5.36. The quantitative estimate of drug-likeness (QED) is 0.627. The molecule has 0 aliphatic carbocycles. The fraction of sp³-hybridized carbons (Fsp3) is 0.333. The van der Waals surface area contributed by atoms with Gasteiger partial charge in [0.25, 0.3) is 0 Å². The molecule has 9 heavy (non-hydrogen) atoms. The SMILES string of the molecule is CSc1cc(Cl)[nH]c1C. The zero-order valence-corrected chi connectivity index (χ0v) is 6.94. The number of aryl methyl sites for hydroxylation is 1. The van der Waals surface area contributed by atoms with E-state index in [0.717, 1.165) is 10.8 Å². The summed E-state index contributed by atoms with van der Waals surface area (Å²) in [4.78, 5) is 4.23. The predicted molar refractivity (Wildman–Crippen MR) is 42.3 cm³/mol. The number of rotatable bonds is 1. The number of hydrogen-bond acceptors (Lipinski definition) is 1. The molecule has 0 aliphatic rings. The lowest BCUT2D eigenvalue weighted by Crippen LogP contribution is -1.69. The molecule has 0 aliphatic heterocycles. The molecule has 0 amide bonds. The highest BCUT2D eigenvalue weighted by atomic mass is 35.5. The first-order chi connectivity index (χ1) is 4.24. The Labute approximate surface area is 63.8 Å². The van der Waals surface area contributed by atoms with Crippen molar-refractivity contribution in [3.63, 3.8) is 0 Å². The number of thioether (sulfide) groups is 1. The number of halogens is 1. The Morgan fingerprint density at radius 1 is 1.67 bits per heavy atom. The van der Waals surface area contributed by atoms with E-state index in [2.05, 4.69) is 4.98 Å². The first kappa shape index (κ1) is 7.03. The van der Waals surface area contributed by atoms with E-state index < -0.39 is 0 Å². The van der Waals surface area contributed by atoms with Crippen LogP contribution in [-0.4, -0.2) is 11.2 Å². The molecular weight excluding hydrogens is 154 g/mol. The van der Waals surface area contributed by atoms with Crippen LogP contribution in [0.2, 0.25) is 5.15 Å². The fourth-order valence-electron chi connectivity index (χ4n) is 0.712. The van der Waals surface area contributed by atoms with Gasteiger partial charge >= 0.3 is 0 Å². The van der Waals surface area contributed by atoms with Crippen molar-refractivity contribution in [1.82, 2.24) is 4.98 Å². The van der Waals surface area contributed by atoms with Crippen LogP contribution >= 0.6 is 23.4 Å². The van der Waals surface area contributed by atoms with E-state index in [1.54, 1.807) is 11.8 Å². The molecule has 1 nitrogen and oxygen atoms in total. The molecule has 1 N–H and O–H groups in total. The van der Waals surface area contributed by atoms with Gasteiger partial charge < -0.3 is 4.98 Å². The highest BCUT2D eigenvalue weighted by Gasteiger charge is 1.98. The standard InChI is InChI=1S/C6H8ClNS/c1-4-5(9-2)3-6(7)8-4/h3,8H,1-2H3. The fourth-order valence-corrected chi connectivity index (χ4v) is 1.62. The summed E-state index contributed by atoms with van der Waals surface area (Å²) in [7, 11) is 0. The van der Waals surface area contributed by atoms with Crippen LogP contribution in [0.25, 0.3) is 0 Å². The molecule has 0 radical (unpaired) electrons. The summed E-state index contributed by atoms with van der Waals surface area (Å²) in [5, 5.41) is 0.719. The largest absolute Gasteiger partial charge is 0.349 e. The van der Waals surface area contributed by atoms with Gasteiger partial charge in [0.2, 0.25) is 0 Å². The van der Waals surface area contributed by atoms with Gasteiger partial charge in [-0.1, -0.05) is 11.6 Å². The van der Waals surface area contributed by atoms with E-state index in [4.69, 9.17) is 11.6 Å². The van der Waals surface area contributed by atoms with Gasteiger partial charge in [-0.15, -0.1) is 11.8 Å². The Morgan fingerprint density at radius 3 is 2.56 bits per heavy atom. The van der Waals surface area contributed by atoms with E-state index in [0.29, 0.717) is 0 Å². The molecule has 1 heterocycles. The summed E-state index contributed by atoms with van der Waals surface area (Å²) < 4.78 is 0. The van der Waals surface area contributed by atoms with E-state index >= 15 is 0 Å². The lowest BCUT2D eigenvalue weighted by Gasteiger charge is -1.87. The summed E-state index contributed by atoms with van der Waals surface area (Å²) in [6.45, 7) is 2.01. The molecule has 50 valence electrons. The van der Waals surface area contributed by atoms with Crippen molar-refractivity contribution in [1.29, 1.82) is 0 Å². The lowest BCUT2D eigenvalue weighted by atomic mass is 10.5. The van der Waals surface area contributed by atoms with Crippen molar-refractivity contribution < 1.29 is 0 Å². The molecule has 1 rings (SSSR count). The second-order valence-electron chi connectivity index (χ2n) is 1.81. The Hall–Kier alpha value is -0.0800. The molecule has 1 aromatic heterocycles. The second-order valence-corrected chi connectivity index (χ2v) is 3.07. The van der Waals surface area contributed by atoms with Crippen molar-refractivity contribution >= 4 is 23.4 Å². The van der Waals surface area contributed by atoms with Gasteiger partial charge in [0.05, 0.1) is 0 Å². The Balaban J connectivity index is 3.01. The highest BCUT2D eigenvalue weighted by molar-refractivity contribution is 7.98. The van der Waals surface area contributed by atoms with Crippen LogP contribution in [0, 0.1) is 6.92 Å². The molecule has 3 heteroatoms. The average molecular weight is 162 g/mol. The minimum Gasteiger partial charge on any atom is -0.349 e. The molecule has 0 saturated carbocycles. The molecule has 0 saturated heterocycles. The van der Waals surface area contributed by atoms with Crippen molar-refractivity contribution in [3.8, 4) is 0 Å². The third kappa shape index (κ3) is 1.43. The van der Waals surface area contributed by atoms with Crippen molar-refractivity contribution in [2.75, 3.05) is 6.26 Å². The van der Waals surface area contributed by atoms with Gasteiger partial charge in [0.15, 0.2) is 0 Å². The van der Waals surface area contributed by atoms with Gasteiger partial charge in [0, 0.05) is 10.6 Å². The van der Waals surface area contributed by atoms with E-state index in [-0.39, 0.29) is 0 Å². The summed E-state index contributed by atoms with van der Waals surface area (Å²) in [5.41, 5.74) is 1.15. The summed E-state index contributed by atoms with van der Waals surface area (Å²) in [6.07, 6.45) is 2.03. The van der Waals surface area contributed by atoms with E-state index in [1.165, 1.54) is 4.90 Å². The Morgan fingerprint density at radius 2 is 2.33 bits per heavy atom. The number of nitrogens with one attached hydrogen (secondary N) is 1. The topological polar surface area (TPSA) is 15.8 Å². The van der Waals surface area contributed by atoms with Gasteiger partial charge in [-0.2, -0.15) is 0 Å². The lowest BCUT2D eigenvalue weighted by molar-refractivity contribution is 1.21. The maximum absolute atomic E-state index is 5.68. The van der Waals surface area contributed by atoms with Crippen molar-refractivity contribution in [2.24, 2.45) is 0 Å². The molecular formula is C6H8ClNS.